The minimum Gasteiger partial charge on any atom is -0.308 e. The van der Waals surface area contributed by atoms with Crippen LogP contribution in [-0.4, -0.2) is 0 Å². The maximum Gasteiger partial charge on any atom is 0.177 e. The van der Waals surface area contributed by atoms with Crippen molar-refractivity contribution >= 4 is 33.7 Å². The molecular weight excluding hydrogens is 295 g/mol. The summed E-state index contributed by atoms with van der Waals surface area (Å²) in [5.74, 6) is 0. The van der Waals surface area contributed by atoms with Crippen molar-refractivity contribution in [1.29, 1.82) is 0 Å². The summed E-state index contributed by atoms with van der Waals surface area (Å²) in [5.41, 5.74) is 0. The van der Waals surface area contributed by atoms with Crippen molar-refractivity contribution in [2.75, 3.05) is 0 Å². The van der Waals surface area contributed by atoms with E-state index in [4.69, 9.17) is 0 Å². The number of hydrogen-bond donors (Lipinski definition) is 0. The second-order valence-corrected chi connectivity index (χ2v) is 8.02. The van der Waals surface area contributed by atoms with Crippen LogP contribution in [-0.2, 0) is 4.57 Å². The van der Waals surface area contributed by atoms with E-state index in [0.717, 1.165) is 10.6 Å². The van der Waals surface area contributed by atoms with Gasteiger partial charge in [0.2, 0.25) is 0 Å². The topological polar surface area (TPSA) is 17.1 Å². The van der Waals surface area contributed by atoms with Crippen LogP contribution in [0.4, 0.5) is 0 Å². The van der Waals surface area contributed by atoms with Gasteiger partial charge in [0.15, 0.2) is 7.14 Å². The van der Waals surface area contributed by atoms with E-state index >= 15 is 0 Å². The Bertz CT molecular complexity index is 520. The molecule has 0 aliphatic carbocycles. The normalized spacial score (nSPS) is 11.1. The number of halogens is 1. The Hall–Kier alpha value is -1.11. The van der Waals surface area contributed by atoms with Crippen molar-refractivity contribution in [3.05, 3.63) is 71.5 Å². The monoisotopic (exact) mass is 306 g/mol. The van der Waals surface area contributed by atoms with Crippen molar-refractivity contribution in [3.63, 3.8) is 0 Å². The highest BCUT2D eigenvalue weighted by atomic mass is 79.9. The second kappa shape index (κ2) is 5.03. The van der Waals surface area contributed by atoms with Crippen LogP contribution >= 0.6 is 23.1 Å². The fourth-order valence-electron chi connectivity index (χ4n) is 1.71. The van der Waals surface area contributed by atoms with Crippen LogP contribution in [0.2, 0.25) is 0 Å². The Balaban J connectivity index is 2.64. The summed E-state index contributed by atoms with van der Waals surface area (Å²) in [5, 5.41) is 1.60. The smallest absolute Gasteiger partial charge is 0.177 e. The summed E-state index contributed by atoms with van der Waals surface area (Å²) in [4.78, 5) is 0. The Morgan fingerprint density at radius 3 is 1.53 bits per heavy atom. The maximum atomic E-state index is 13.2. The first-order valence-electron chi connectivity index (χ1n) is 5.22. The van der Waals surface area contributed by atoms with Gasteiger partial charge in [0.1, 0.15) is 0 Å². The highest BCUT2D eigenvalue weighted by molar-refractivity contribution is 9.13. The molecule has 0 aromatic heterocycles. The van der Waals surface area contributed by atoms with Crippen molar-refractivity contribution < 1.29 is 4.57 Å². The van der Waals surface area contributed by atoms with Gasteiger partial charge in [0.05, 0.1) is 4.22 Å². The van der Waals surface area contributed by atoms with Gasteiger partial charge < -0.3 is 4.57 Å². The molecule has 2 rings (SSSR count). The van der Waals surface area contributed by atoms with Gasteiger partial charge in [-0.1, -0.05) is 67.2 Å². The van der Waals surface area contributed by atoms with E-state index in [9.17, 15) is 4.57 Å². The lowest BCUT2D eigenvalue weighted by Crippen LogP contribution is -2.15. The summed E-state index contributed by atoms with van der Waals surface area (Å²) >= 11 is 3.31. The molecule has 0 radical (unpaired) electrons. The molecule has 0 unspecified atom stereocenters. The summed E-state index contributed by atoms with van der Waals surface area (Å²) in [6.07, 6.45) is 0. The fraction of sp³-hybridized carbons (Fsp3) is 0. The zero-order chi connectivity index (χ0) is 12.3. The molecule has 0 saturated heterocycles. The SMILES string of the molecule is C=C(Br)P(=O)(c1ccccc1)c1ccccc1. The maximum absolute atomic E-state index is 13.2. The van der Waals surface area contributed by atoms with E-state index in [1.165, 1.54) is 0 Å². The summed E-state index contributed by atoms with van der Waals surface area (Å²) < 4.78 is 13.7. The minimum absolute atomic E-state index is 0.530. The third kappa shape index (κ3) is 2.29. The molecule has 3 heteroatoms. The first-order chi connectivity index (χ1) is 8.15. The zero-order valence-corrected chi connectivity index (χ0v) is 11.7. The lowest BCUT2D eigenvalue weighted by Gasteiger charge is -2.17. The largest absolute Gasteiger partial charge is 0.308 e. The van der Waals surface area contributed by atoms with Gasteiger partial charge in [-0.2, -0.15) is 0 Å². The molecular formula is C14H12BrOP. The Morgan fingerprint density at radius 1 is 0.882 bits per heavy atom. The van der Waals surface area contributed by atoms with Crippen LogP contribution in [0.15, 0.2) is 71.5 Å². The van der Waals surface area contributed by atoms with Crippen LogP contribution < -0.4 is 10.6 Å². The lowest BCUT2D eigenvalue weighted by molar-refractivity contribution is 0.592. The van der Waals surface area contributed by atoms with Crippen molar-refractivity contribution in [1.82, 2.24) is 0 Å². The molecule has 0 aliphatic heterocycles. The first-order valence-corrected chi connectivity index (χ1v) is 7.72. The molecule has 2 aromatic carbocycles. The van der Waals surface area contributed by atoms with Crippen LogP contribution in [0.5, 0.6) is 0 Å². The standard InChI is InChI=1S/C14H12BrOP/c1-12(15)17(16,13-8-4-2-5-9-13)14-10-6-3-7-11-14/h2-11H,1H2. The Labute approximate surface area is 110 Å². The Kier molecular flexibility index (Phi) is 3.66. The number of rotatable bonds is 3. The predicted octanol–water partition coefficient (Wildman–Crippen LogP) is 3.87. The number of hydrogen-bond acceptors (Lipinski definition) is 1. The minimum atomic E-state index is -2.77. The molecule has 86 valence electrons. The van der Waals surface area contributed by atoms with Gasteiger partial charge in [-0.3, -0.25) is 0 Å². The molecule has 0 spiro atoms. The van der Waals surface area contributed by atoms with Gasteiger partial charge >= 0.3 is 0 Å². The van der Waals surface area contributed by atoms with Gasteiger partial charge in [-0.15, -0.1) is 0 Å². The van der Waals surface area contributed by atoms with Crippen molar-refractivity contribution in [2.45, 2.75) is 0 Å². The molecule has 17 heavy (non-hydrogen) atoms. The first kappa shape index (κ1) is 12.3. The van der Waals surface area contributed by atoms with Gasteiger partial charge in [-0.05, 0) is 15.9 Å². The third-order valence-electron chi connectivity index (χ3n) is 2.58. The molecule has 2 aromatic rings. The molecule has 0 fully saturated rings. The van der Waals surface area contributed by atoms with Crippen LogP contribution in [0.1, 0.15) is 0 Å². The summed E-state index contributed by atoms with van der Waals surface area (Å²) in [7, 11) is -2.77. The number of benzene rings is 2. The summed E-state index contributed by atoms with van der Waals surface area (Å²) in [6, 6.07) is 18.9. The molecule has 0 aliphatic rings. The van der Waals surface area contributed by atoms with E-state index in [1.807, 2.05) is 60.7 Å². The van der Waals surface area contributed by atoms with Gasteiger partial charge in [-0.25, -0.2) is 0 Å². The third-order valence-corrected chi connectivity index (χ3v) is 6.81. The zero-order valence-electron chi connectivity index (χ0n) is 9.21. The average Bonchev–Trinajstić information content (AvgIpc) is 2.39. The molecule has 0 atom stereocenters. The molecule has 1 nitrogen and oxygen atoms in total. The highest BCUT2D eigenvalue weighted by Crippen LogP contribution is 2.53. The van der Waals surface area contributed by atoms with E-state index < -0.39 is 7.14 Å². The molecule has 0 N–H and O–H groups in total. The van der Waals surface area contributed by atoms with E-state index in [-0.39, 0.29) is 0 Å². The molecule has 0 saturated carbocycles. The highest BCUT2D eigenvalue weighted by Gasteiger charge is 2.28. The Morgan fingerprint density at radius 2 is 1.24 bits per heavy atom. The lowest BCUT2D eigenvalue weighted by atomic mass is 10.4. The van der Waals surface area contributed by atoms with Crippen LogP contribution in [0, 0.1) is 0 Å². The molecule has 0 amide bonds. The van der Waals surface area contributed by atoms with Crippen LogP contribution in [0.25, 0.3) is 0 Å². The fourth-order valence-corrected chi connectivity index (χ4v) is 4.98. The molecule has 0 bridgehead atoms. The molecule has 0 heterocycles. The second-order valence-electron chi connectivity index (χ2n) is 3.66. The summed E-state index contributed by atoms with van der Waals surface area (Å²) in [6.45, 7) is 3.83. The average molecular weight is 307 g/mol. The van der Waals surface area contributed by atoms with Gasteiger partial charge in [0.25, 0.3) is 0 Å². The predicted molar refractivity (Wildman–Crippen MR) is 77.8 cm³/mol. The van der Waals surface area contributed by atoms with Crippen LogP contribution in [0.3, 0.4) is 0 Å². The van der Waals surface area contributed by atoms with E-state index in [0.29, 0.717) is 4.22 Å². The van der Waals surface area contributed by atoms with E-state index in [2.05, 4.69) is 22.5 Å². The quantitative estimate of drug-likeness (QED) is 0.787. The van der Waals surface area contributed by atoms with E-state index in [1.54, 1.807) is 0 Å². The van der Waals surface area contributed by atoms with Crippen molar-refractivity contribution in [2.24, 2.45) is 0 Å². The van der Waals surface area contributed by atoms with Gasteiger partial charge in [0, 0.05) is 10.6 Å². The van der Waals surface area contributed by atoms with Crippen molar-refractivity contribution in [3.8, 4) is 0 Å².